The molecule has 0 atom stereocenters. The van der Waals surface area contributed by atoms with Crippen molar-refractivity contribution in [2.45, 2.75) is 13.0 Å². The summed E-state index contributed by atoms with van der Waals surface area (Å²) in [7, 11) is 0. The molecule has 2 rings (SSSR count). The molecule has 21 heavy (non-hydrogen) atoms. The SMILES string of the molecule is O=C(O)Cn1cc(C(=O)NCCc2ccc(F)cc2)nn1. The molecule has 8 heteroatoms. The van der Waals surface area contributed by atoms with Crippen molar-refractivity contribution < 1.29 is 19.1 Å². The maximum Gasteiger partial charge on any atom is 0.325 e. The molecular weight excluding hydrogens is 279 g/mol. The minimum absolute atomic E-state index is 0.0513. The second-order valence-corrected chi connectivity index (χ2v) is 4.33. The number of carbonyl (C=O) groups is 2. The monoisotopic (exact) mass is 292 g/mol. The third-order valence-electron chi connectivity index (χ3n) is 2.68. The van der Waals surface area contributed by atoms with Gasteiger partial charge in [0.25, 0.3) is 5.91 Å². The van der Waals surface area contributed by atoms with E-state index < -0.39 is 11.9 Å². The van der Waals surface area contributed by atoms with Gasteiger partial charge >= 0.3 is 5.97 Å². The lowest BCUT2D eigenvalue weighted by Gasteiger charge is -2.03. The number of hydrogen-bond acceptors (Lipinski definition) is 4. The summed E-state index contributed by atoms with van der Waals surface area (Å²) in [5.41, 5.74) is 0.946. The second kappa shape index (κ2) is 6.60. The zero-order valence-corrected chi connectivity index (χ0v) is 11.0. The Labute approximate surface area is 119 Å². The fourth-order valence-corrected chi connectivity index (χ4v) is 1.68. The summed E-state index contributed by atoms with van der Waals surface area (Å²) in [6.45, 7) is 0.00607. The molecule has 0 saturated heterocycles. The Balaban J connectivity index is 1.82. The molecule has 1 heterocycles. The maximum absolute atomic E-state index is 12.7. The Hall–Kier alpha value is -2.77. The number of rotatable bonds is 6. The van der Waals surface area contributed by atoms with Crippen LogP contribution in [0.2, 0.25) is 0 Å². The molecule has 0 radical (unpaired) electrons. The van der Waals surface area contributed by atoms with Crippen LogP contribution in [-0.2, 0) is 17.8 Å². The molecule has 0 aliphatic carbocycles. The third kappa shape index (κ3) is 4.37. The van der Waals surface area contributed by atoms with Gasteiger partial charge in [-0.1, -0.05) is 17.3 Å². The molecule has 0 saturated carbocycles. The molecule has 0 spiro atoms. The standard InChI is InChI=1S/C13H13FN4O3/c14-10-3-1-9(2-4-10)5-6-15-13(21)11-7-18(17-16-11)8-12(19)20/h1-4,7H,5-6,8H2,(H,15,21)(H,19,20). The van der Waals surface area contributed by atoms with Gasteiger partial charge in [-0.2, -0.15) is 0 Å². The first-order chi connectivity index (χ1) is 10.0. The van der Waals surface area contributed by atoms with E-state index in [-0.39, 0.29) is 18.1 Å². The Morgan fingerprint density at radius 3 is 2.67 bits per heavy atom. The summed E-state index contributed by atoms with van der Waals surface area (Å²) in [4.78, 5) is 22.2. The predicted molar refractivity (Wildman–Crippen MR) is 70.1 cm³/mol. The van der Waals surface area contributed by atoms with E-state index in [1.807, 2.05) is 0 Å². The third-order valence-corrected chi connectivity index (χ3v) is 2.68. The number of nitrogens with one attached hydrogen (secondary N) is 1. The summed E-state index contributed by atoms with van der Waals surface area (Å²) in [6, 6.07) is 6.00. The zero-order chi connectivity index (χ0) is 15.2. The minimum Gasteiger partial charge on any atom is -0.480 e. The number of amides is 1. The first-order valence-corrected chi connectivity index (χ1v) is 6.19. The number of hydrogen-bond donors (Lipinski definition) is 2. The molecule has 1 aromatic carbocycles. The van der Waals surface area contributed by atoms with Gasteiger partial charge in [-0.15, -0.1) is 5.10 Å². The van der Waals surface area contributed by atoms with E-state index in [9.17, 15) is 14.0 Å². The first-order valence-electron chi connectivity index (χ1n) is 6.19. The van der Waals surface area contributed by atoms with Gasteiger partial charge in [0, 0.05) is 6.54 Å². The smallest absolute Gasteiger partial charge is 0.325 e. The lowest BCUT2D eigenvalue weighted by Crippen LogP contribution is -2.26. The molecule has 1 aromatic heterocycles. The molecular formula is C13H13FN4O3. The van der Waals surface area contributed by atoms with E-state index in [0.29, 0.717) is 13.0 Å². The fourth-order valence-electron chi connectivity index (χ4n) is 1.68. The number of carbonyl (C=O) groups excluding carboxylic acids is 1. The molecule has 7 nitrogen and oxygen atoms in total. The van der Waals surface area contributed by atoms with Crippen LogP contribution in [0.4, 0.5) is 4.39 Å². The quantitative estimate of drug-likeness (QED) is 0.807. The van der Waals surface area contributed by atoms with Crippen molar-refractivity contribution in [3.63, 3.8) is 0 Å². The number of aliphatic carboxylic acids is 1. The van der Waals surface area contributed by atoms with Gasteiger partial charge in [-0.25, -0.2) is 9.07 Å². The van der Waals surface area contributed by atoms with Gasteiger partial charge in [0.05, 0.1) is 6.20 Å². The van der Waals surface area contributed by atoms with Gasteiger partial charge < -0.3 is 10.4 Å². The number of carboxylic acid groups (broad SMARTS) is 1. The average molecular weight is 292 g/mol. The predicted octanol–water partition coefficient (Wildman–Crippen LogP) is 0.474. The van der Waals surface area contributed by atoms with Crippen molar-refractivity contribution in [3.8, 4) is 0 Å². The van der Waals surface area contributed by atoms with Gasteiger partial charge in [0.1, 0.15) is 12.4 Å². The van der Waals surface area contributed by atoms with Crippen LogP contribution in [0.25, 0.3) is 0 Å². The summed E-state index contributed by atoms with van der Waals surface area (Å²) in [6.07, 6.45) is 1.82. The Morgan fingerprint density at radius 2 is 2.00 bits per heavy atom. The second-order valence-electron chi connectivity index (χ2n) is 4.33. The van der Waals surface area contributed by atoms with Crippen LogP contribution >= 0.6 is 0 Å². The lowest BCUT2D eigenvalue weighted by molar-refractivity contribution is -0.137. The number of benzene rings is 1. The molecule has 110 valence electrons. The average Bonchev–Trinajstić information content (AvgIpc) is 2.88. The van der Waals surface area contributed by atoms with Crippen LogP contribution in [0.1, 0.15) is 16.1 Å². The number of aromatic nitrogens is 3. The summed E-state index contributed by atoms with van der Waals surface area (Å²) in [5.74, 6) is -1.81. The lowest BCUT2D eigenvalue weighted by atomic mass is 10.1. The zero-order valence-electron chi connectivity index (χ0n) is 11.0. The number of halogens is 1. The molecule has 1 amide bonds. The van der Waals surface area contributed by atoms with Crippen LogP contribution in [0, 0.1) is 5.82 Å². The highest BCUT2D eigenvalue weighted by atomic mass is 19.1. The van der Waals surface area contributed by atoms with Crippen molar-refractivity contribution in [2.24, 2.45) is 0 Å². The van der Waals surface area contributed by atoms with Crippen LogP contribution in [0.15, 0.2) is 30.5 Å². The van der Waals surface area contributed by atoms with E-state index in [1.165, 1.54) is 18.3 Å². The maximum atomic E-state index is 12.7. The summed E-state index contributed by atoms with van der Waals surface area (Å²) >= 11 is 0. The number of nitrogens with zero attached hydrogens (tertiary/aromatic N) is 3. The van der Waals surface area contributed by atoms with Gasteiger partial charge in [0.15, 0.2) is 5.69 Å². The molecule has 0 aliphatic heterocycles. The van der Waals surface area contributed by atoms with Crippen molar-refractivity contribution in [1.29, 1.82) is 0 Å². The number of carboxylic acids is 1. The van der Waals surface area contributed by atoms with E-state index in [0.717, 1.165) is 10.2 Å². The molecule has 2 N–H and O–H groups in total. The van der Waals surface area contributed by atoms with Gasteiger partial charge in [-0.05, 0) is 24.1 Å². The molecule has 2 aromatic rings. The van der Waals surface area contributed by atoms with E-state index in [4.69, 9.17) is 5.11 Å². The Kier molecular flexibility index (Phi) is 4.60. The fraction of sp³-hybridized carbons (Fsp3) is 0.231. The van der Waals surface area contributed by atoms with Crippen molar-refractivity contribution in [1.82, 2.24) is 20.3 Å². The van der Waals surface area contributed by atoms with Crippen molar-refractivity contribution in [2.75, 3.05) is 6.54 Å². The van der Waals surface area contributed by atoms with Gasteiger partial charge in [0.2, 0.25) is 0 Å². The van der Waals surface area contributed by atoms with Crippen molar-refractivity contribution in [3.05, 3.63) is 47.5 Å². The Morgan fingerprint density at radius 1 is 1.29 bits per heavy atom. The molecule has 0 fully saturated rings. The summed E-state index contributed by atoms with van der Waals surface area (Å²) in [5, 5.41) is 18.3. The largest absolute Gasteiger partial charge is 0.480 e. The molecule has 0 aliphatic rings. The first kappa shape index (κ1) is 14.6. The van der Waals surface area contributed by atoms with E-state index >= 15 is 0 Å². The topological polar surface area (TPSA) is 97.1 Å². The van der Waals surface area contributed by atoms with Crippen LogP contribution in [0.5, 0.6) is 0 Å². The normalized spacial score (nSPS) is 10.3. The van der Waals surface area contributed by atoms with Crippen LogP contribution < -0.4 is 5.32 Å². The molecule has 0 bridgehead atoms. The molecule has 0 unspecified atom stereocenters. The van der Waals surface area contributed by atoms with E-state index in [2.05, 4.69) is 15.6 Å². The minimum atomic E-state index is -1.07. The van der Waals surface area contributed by atoms with Gasteiger partial charge in [-0.3, -0.25) is 9.59 Å². The summed E-state index contributed by atoms with van der Waals surface area (Å²) < 4.78 is 13.8. The Bertz CT molecular complexity index is 639. The van der Waals surface area contributed by atoms with Crippen LogP contribution in [0.3, 0.4) is 0 Å². The van der Waals surface area contributed by atoms with Crippen LogP contribution in [-0.4, -0.2) is 38.5 Å². The van der Waals surface area contributed by atoms with E-state index in [1.54, 1.807) is 12.1 Å². The van der Waals surface area contributed by atoms with Crippen molar-refractivity contribution >= 4 is 11.9 Å². The highest BCUT2D eigenvalue weighted by molar-refractivity contribution is 5.91. The highest BCUT2D eigenvalue weighted by Gasteiger charge is 2.11. The highest BCUT2D eigenvalue weighted by Crippen LogP contribution is 2.03.